The molecule has 1 fully saturated rings. The SMILES string of the molecule is CC(C)(C)CC(=O)Nc1ccc(Cl)c(C(=O)NC2CCC(N)CC2)c1. The molecule has 6 heteroatoms. The number of carbonyl (C=O) groups excluding carboxylic acids is 2. The predicted octanol–water partition coefficient (Wildman–Crippen LogP) is 3.71. The van der Waals surface area contributed by atoms with E-state index in [0.29, 0.717) is 22.7 Å². The van der Waals surface area contributed by atoms with E-state index in [9.17, 15) is 9.59 Å². The van der Waals surface area contributed by atoms with Crippen LogP contribution in [0, 0.1) is 5.41 Å². The van der Waals surface area contributed by atoms with Gasteiger partial charge in [-0.2, -0.15) is 0 Å². The Kier molecular flexibility index (Phi) is 6.47. The van der Waals surface area contributed by atoms with Crippen molar-refractivity contribution in [2.75, 3.05) is 5.32 Å². The average Bonchev–Trinajstić information content (AvgIpc) is 2.49. The number of hydrogen-bond acceptors (Lipinski definition) is 3. The number of nitrogens with two attached hydrogens (primary N) is 1. The van der Waals surface area contributed by atoms with Gasteiger partial charge in [0.25, 0.3) is 5.91 Å². The normalized spacial score (nSPS) is 20.8. The number of amides is 2. The van der Waals surface area contributed by atoms with Gasteiger partial charge in [-0.3, -0.25) is 9.59 Å². The largest absolute Gasteiger partial charge is 0.349 e. The summed E-state index contributed by atoms with van der Waals surface area (Å²) in [7, 11) is 0. The van der Waals surface area contributed by atoms with Crippen LogP contribution in [0.15, 0.2) is 18.2 Å². The van der Waals surface area contributed by atoms with E-state index in [-0.39, 0.29) is 29.3 Å². The fourth-order valence-electron chi connectivity index (χ4n) is 2.99. The Morgan fingerprint density at radius 2 is 1.84 bits per heavy atom. The van der Waals surface area contributed by atoms with Gasteiger partial charge in [0.1, 0.15) is 0 Å². The third-order valence-electron chi connectivity index (χ3n) is 4.29. The van der Waals surface area contributed by atoms with Crippen LogP contribution in [0.1, 0.15) is 63.2 Å². The quantitative estimate of drug-likeness (QED) is 0.760. The van der Waals surface area contributed by atoms with Gasteiger partial charge in [-0.15, -0.1) is 0 Å². The van der Waals surface area contributed by atoms with E-state index in [2.05, 4.69) is 10.6 Å². The molecule has 1 saturated carbocycles. The molecule has 0 heterocycles. The maximum Gasteiger partial charge on any atom is 0.253 e. The minimum Gasteiger partial charge on any atom is -0.349 e. The molecule has 0 radical (unpaired) electrons. The minimum absolute atomic E-state index is 0.0811. The van der Waals surface area contributed by atoms with Crippen LogP contribution in [0.4, 0.5) is 5.69 Å². The van der Waals surface area contributed by atoms with Crippen molar-refractivity contribution in [3.63, 3.8) is 0 Å². The Labute approximate surface area is 154 Å². The summed E-state index contributed by atoms with van der Waals surface area (Å²) >= 11 is 6.18. The second kappa shape index (κ2) is 8.19. The Hall–Kier alpha value is -1.59. The predicted molar refractivity (Wildman–Crippen MR) is 102 cm³/mol. The second-order valence-corrected chi connectivity index (χ2v) is 8.47. The van der Waals surface area contributed by atoms with Gasteiger partial charge in [-0.1, -0.05) is 32.4 Å². The van der Waals surface area contributed by atoms with Gasteiger partial charge in [-0.25, -0.2) is 0 Å². The fraction of sp³-hybridized carbons (Fsp3) is 0.579. The van der Waals surface area contributed by atoms with Crippen LogP contribution in [-0.2, 0) is 4.79 Å². The van der Waals surface area contributed by atoms with Gasteiger partial charge in [-0.05, 0) is 49.3 Å². The molecule has 0 atom stereocenters. The lowest BCUT2D eigenvalue weighted by Gasteiger charge is -2.27. The first kappa shape index (κ1) is 19.7. The van der Waals surface area contributed by atoms with Crippen molar-refractivity contribution in [2.45, 2.75) is 65.0 Å². The maximum absolute atomic E-state index is 12.5. The van der Waals surface area contributed by atoms with Gasteiger partial charge in [0.15, 0.2) is 0 Å². The molecule has 0 aromatic heterocycles. The van der Waals surface area contributed by atoms with E-state index in [1.165, 1.54) is 0 Å². The highest BCUT2D eigenvalue weighted by Crippen LogP contribution is 2.24. The third kappa shape index (κ3) is 6.33. The summed E-state index contributed by atoms with van der Waals surface area (Å²) in [5, 5.41) is 6.23. The van der Waals surface area contributed by atoms with Crippen LogP contribution >= 0.6 is 11.6 Å². The lowest BCUT2D eigenvalue weighted by Crippen LogP contribution is -2.40. The van der Waals surface area contributed by atoms with Crippen molar-refractivity contribution in [2.24, 2.45) is 11.1 Å². The van der Waals surface area contributed by atoms with Gasteiger partial charge in [0, 0.05) is 24.2 Å². The molecule has 5 nitrogen and oxygen atoms in total. The molecule has 25 heavy (non-hydrogen) atoms. The lowest BCUT2D eigenvalue weighted by atomic mass is 9.91. The minimum atomic E-state index is -0.211. The molecule has 1 aliphatic rings. The van der Waals surface area contributed by atoms with E-state index in [1.54, 1.807) is 18.2 Å². The molecule has 1 aromatic carbocycles. The van der Waals surface area contributed by atoms with Crippen molar-refractivity contribution >= 4 is 29.1 Å². The fourth-order valence-corrected chi connectivity index (χ4v) is 3.19. The van der Waals surface area contributed by atoms with Crippen LogP contribution in [0.5, 0.6) is 0 Å². The Morgan fingerprint density at radius 1 is 1.20 bits per heavy atom. The molecule has 0 saturated heterocycles. The first-order valence-electron chi connectivity index (χ1n) is 8.80. The van der Waals surface area contributed by atoms with Crippen LogP contribution in [0.2, 0.25) is 5.02 Å². The highest BCUT2D eigenvalue weighted by Gasteiger charge is 2.22. The number of carbonyl (C=O) groups is 2. The topological polar surface area (TPSA) is 84.2 Å². The van der Waals surface area contributed by atoms with E-state index in [1.807, 2.05) is 20.8 Å². The number of halogens is 1. The Bertz CT molecular complexity index is 632. The van der Waals surface area contributed by atoms with Crippen LogP contribution in [0.3, 0.4) is 0 Å². The summed E-state index contributed by atoms with van der Waals surface area (Å²) < 4.78 is 0. The molecule has 1 aromatic rings. The monoisotopic (exact) mass is 365 g/mol. The number of anilines is 1. The molecule has 0 unspecified atom stereocenters. The molecule has 2 rings (SSSR count). The zero-order valence-corrected chi connectivity index (χ0v) is 16.0. The first-order chi connectivity index (χ1) is 11.6. The lowest BCUT2D eigenvalue weighted by molar-refractivity contribution is -0.117. The molecule has 4 N–H and O–H groups in total. The average molecular weight is 366 g/mol. The molecule has 0 aliphatic heterocycles. The summed E-state index contributed by atoms with van der Waals surface area (Å²) in [6.45, 7) is 6.01. The van der Waals surface area contributed by atoms with E-state index < -0.39 is 0 Å². The van der Waals surface area contributed by atoms with Gasteiger partial charge in [0.2, 0.25) is 5.91 Å². The second-order valence-electron chi connectivity index (χ2n) is 8.07. The molecule has 138 valence electrons. The number of hydrogen-bond donors (Lipinski definition) is 3. The zero-order valence-electron chi connectivity index (χ0n) is 15.2. The van der Waals surface area contributed by atoms with Gasteiger partial charge >= 0.3 is 0 Å². The Balaban J connectivity index is 2.02. The number of rotatable bonds is 4. The number of benzene rings is 1. The maximum atomic E-state index is 12.5. The van der Waals surface area contributed by atoms with E-state index in [0.717, 1.165) is 25.7 Å². The van der Waals surface area contributed by atoms with E-state index >= 15 is 0 Å². The van der Waals surface area contributed by atoms with Crippen molar-refractivity contribution < 1.29 is 9.59 Å². The molecule has 0 bridgehead atoms. The molecular weight excluding hydrogens is 338 g/mol. The summed E-state index contributed by atoms with van der Waals surface area (Å²) in [6, 6.07) is 5.34. The van der Waals surface area contributed by atoms with Crippen molar-refractivity contribution in [1.29, 1.82) is 0 Å². The van der Waals surface area contributed by atoms with Crippen LogP contribution in [-0.4, -0.2) is 23.9 Å². The zero-order chi connectivity index (χ0) is 18.6. The van der Waals surface area contributed by atoms with Crippen LogP contribution in [0.25, 0.3) is 0 Å². The van der Waals surface area contributed by atoms with E-state index in [4.69, 9.17) is 17.3 Å². The van der Waals surface area contributed by atoms with Crippen molar-refractivity contribution in [3.8, 4) is 0 Å². The van der Waals surface area contributed by atoms with Gasteiger partial charge in [0.05, 0.1) is 10.6 Å². The smallest absolute Gasteiger partial charge is 0.253 e. The third-order valence-corrected chi connectivity index (χ3v) is 4.62. The summed E-state index contributed by atoms with van der Waals surface area (Å²) in [4.78, 5) is 24.6. The summed E-state index contributed by atoms with van der Waals surface area (Å²) in [6.07, 6.45) is 4.00. The standard InChI is InChI=1S/C19H28ClN3O2/c1-19(2,3)11-17(24)22-14-8-9-16(20)15(10-14)18(25)23-13-6-4-12(21)5-7-13/h8-10,12-13H,4-7,11,21H2,1-3H3,(H,22,24)(H,23,25). The first-order valence-corrected chi connectivity index (χ1v) is 9.18. The summed E-state index contributed by atoms with van der Waals surface area (Å²) in [5.41, 5.74) is 6.76. The van der Waals surface area contributed by atoms with Crippen molar-refractivity contribution in [3.05, 3.63) is 28.8 Å². The molecule has 0 spiro atoms. The number of nitrogens with one attached hydrogen (secondary N) is 2. The highest BCUT2D eigenvalue weighted by molar-refractivity contribution is 6.34. The highest BCUT2D eigenvalue weighted by atomic mass is 35.5. The van der Waals surface area contributed by atoms with Gasteiger partial charge < -0.3 is 16.4 Å². The Morgan fingerprint density at radius 3 is 2.44 bits per heavy atom. The van der Waals surface area contributed by atoms with Crippen LogP contribution < -0.4 is 16.4 Å². The molecule has 2 amide bonds. The molecular formula is C19H28ClN3O2. The molecule has 1 aliphatic carbocycles. The summed E-state index contributed by atoms with van der Waals surface area (Å²) in [5.74, 6) is -0.292. The van der Waals surface area contributed by atoms with Crippen molar-refractivity contribution in [1.82, 2.24) is 5.32 Å².